The van der Waals surface area contributed by atoms with E-state index in [1.54, 1.807) is 0 Å². The molecule has 122 valence electrons. The Labute approximate surface area is 133 Å². The first-order valence-corrected chi connectivity index (χ1v) is 8.38. The van der Waals surface area contributed by atoms with Crippen LogP contribution in [0.1, 0.15) is 19.3 Å². The molecule has 2 fully saturated rings. The van der Waals surface area contributed by atoms with Gasteiger partial charge in [0.25, 0.3) is 11.8 Å². The second-order valence-corrected chi connectivity index (χ2v) is 5.89. The average Bonchev–Trinajstić information content (AvgIpc) is 3.03. The van der Waals surface area contributed by atoms with Crippen LogP contribution in [0.2, 0.25) is 0 Å². The Morgan fingerprint density at radius 3 is 2.73 bits per heavy atom. The lowest BCUT2D eigenvalue weighted by atomic mass is 10.2. The summed E-state index contributed by atoms with van der Waals surface area (Å²) < 4.78 is 19.3. The van der Waals surface area contributed by atoms with Crippen molar-refractivity contribution in [1.82, 2.24) is 19.2 Å². The van der Waals surface area contributed by atoms with Crippen LogP contribution >= 0.6 is 11.7 Å². The molecule has 0 atom stereocenters. The number of nitrogens with zero attached hydrogens (tertiary/aromatic N) is 4. The third-order valence-electron chi connectivity index (χ3n) is 3.73. The van der Waals surface area contributed by atoms with Crippen LogP contribution in [0, 0.1) is 0 Å². The number of carbonyl (C=O) groups is 1. The third kappa shape index (κ3) is 4.05. The van der Waals surface area contributed by atoms with Crippen molar-refractivity contribution in [2.45, 2.75) is 19.3 Å². The van der Waals surface area contributed by atoms with Crippen molar-refractivity contribution in [2.75, 3.05) is 50.9 Å². The summed E-state index contributed by atoms with van der Waals surface area (Å²) in [5.41, 5.74) is 2.87. The van der Waals surface area contributed by atoms with Crippen LogP contribution in [0.5, 0.6) is 5.88 Å². The SMILES string of the molecule is O=C(COc1nsnc1N1CCOCC1)NN1CCCCC1. The molecule has 1 amide bonds. The van der Waals surface area contributed by atoms with Crippen molar-refractivity contribution in [3.8, 4) is 5.88 Å². The number of nitrogens with one attached hydrogen (secondary N) is 1. The highest BCUT2D eigenvalue weighted by Crippen LogP contribution is 2.26. The minimum absolute atomic E-state index is 0.0424. The van der Waals surface area contributed by atoms with Gasteiger partial charge in [0.15, 0.2) is 6.61 Å². The molecule has 3 rings (SSSR count). The number of hydrogen-bond acceptors (Lipinski definition) is 8. The van der Waals surface area contributed by atoms with Gasteiger partial charge in [0.05, 0.1) is 24.9 Å². The third-order valence-corrected chi connectivity index (χ3v) is 4.23. The molecule has 0 saturated carbocycles. The molecule has 1 aromatic heterocycles. The van der Waals surface area contributed by atoms with E-state index in [-0.39, 0.29) is 12.5 Å². The summed E-state index contributed by atoms with van der Waals surface area (Å²) in [5, 5.41) is 1.96. The van der Waals surface area contributed by atoms with Gasteiger partial charge in [0.2, 0.25) is 5.82 Å². The predicted molar refractivity (Wildman–Crippen MR) is 82.0 cm³/mol. The molecule has 9 heteroatoms. The molecule has 0 bridgehead atoms. The quantitative estimate of drug-likeness (QED) is 0.831. The zero-order valence-electron chi connectivity index (χ0n) is 12.5. The van der Waals surface area contributed by atoms with Crippen LogP contribution in [0.4, 0.5) is 5.82 Å². The Kier molecular flexibility index (Phi) is 5.41. The number of amides is 1. The Morgan fingerprint density at radius 1 is 1.18 bits per heavy atom. The summed E-state index contributed by atoms with van der Waals surface area (Å²) in [4.78, 5) is 14.0. The summed E-state index contributed by atoms with van der Waals surface area (Å²) in [6.07, 6.45) is 3.48. The highest BCUT2D eigenvalue weighted by atomic mass is 32.1. The Bertz CT molecular complexity index is 486. The van der Waals surface area contributed by atoms with Crippen LogP contribution in [0.3, 0.4) is 0 Å². The Hall–Kier alpha value is -1.45. The normalized spacial score (nSPS) is 19.9. The number of aromatic nitrogens is 2. The number of ether oxygens (including phenoxy) is 2. The van der Waals surface area contributed by atoms with E-state index >= 15 is 0 Å². The van der Waals surface area contributed by atoms with Gasteiger partial charge in [-0.15, -0.1) is 4.37 Å². The van der Waals surface area contributed by atoms with Crippen LogP contribution in [0.25, 0.3) is 0 Å². The lowest BCUT2D eigenvalue weighted by Gasteiger charge is -2.27. The fraction of sp³-hybridized carbons (Fsp3) is 0.769. The molecule has 2 aliphatic heterocycles. The molecule has 2 aliphatic rings. The molecule has 1 aromatic rings. The van der Waals surface area contributed by atoms with E-state index in [1.807, 2.05) is 5.01 Å². The topological polar surface area (TPSA) is 79.8 Å². The first-order valence-electron chi connectivity index (χ1n) is 7.65. The van der Waals surface area contributed by atoms with Crippen LogP contribution in [-0.2, 0) is 9.53 Å². The minimum atomic E-state index is -0.150. The summed E-state index contributed by atoms with van der Waals surface area (Å²) in [6.45, 7) is 4.65. The highest BCUT2D eigenvalue weighted by molar-refractivity contribution is 6.99. The van der Waals surface area contributed by atoms with Crippen molar-refractivity contribution < 1.29 is 14.3 Å². The van der Waals surface area contributed by atoms with Gasteiger partial charge in [-0.25, -0.2) is 5.01 Å². The monoisotopic (exact) mass is 327 g/mol. The van der Waals surface area contributed by atoms with Gasteiger partial charge in [0, 0.05) is 26.2 Å². The summed E-state index contributed by atoms with van der Waals surface area (Å²) in [7, 11) is 0. The number of hydrazine groups is 1. The van der Waals surface area contributed by atoms with Gasteiger partial charge < -0.3 is 14.4 Å². The van der Waals surface area contributed by atoms with Crippen molar-refractivity contribution in [3.05, 3.63) is 0 Å². The highest BCUT2D eigenvalue weighted by Gasteiger charge is 2.21. The number of anilines is 1. The number of piperidine rings is 1. The van der Waals surface area contributed by atoms with E-state index in [9.17, 15) is 4.79 Å². The Morgan fingerprint density at radius 2 is 1.95 bits per heavy atom. The van der Waals surface area contributed by atoms with Crippen molar-refractivity contribution in [1.29, 1.82) is 0 Å². The number of hydrogen-bond donors (Lipinski definition) is 1. The summed E-state index contributed by atoms with van der Waals surface area (Å²) in [5.74, 6) is 0.989. The lowest BCUT2D eigenvalue weighted by molar-refractivity contribution is -0.128. The van der Waals surface area contributed by atoms with E-state index in [0.717, 1.165) is 50.7 Å². The van der Waals surface area contributed by atoms with E-state index < -0.39 is 0 Å². The van der Waals surface area contributed by atoms with Crippen LogP contribution in [0.15, 0.2) is 0 Å². The van der Waals surface area contributed by atoms with Gasteiger partial charge >= 0.3 is 0 Å². The summed E-state index contributed by atoms with van der Waals surface area (Å²) in [6, 6.07) is 0. The fourth-order valence-corrected chi connectivity index (χ4v) is 3.10. The van der Waals surface area contributed by atoms with Crippen molar-refractivity contribution >= 4 is 23.5 Å². The molecule has 1 N–H and O–H groups in total. The fourth-order valence-electron chi connectivity index (χ4n) is 2.58. The molecule has 0 aliphatic carbocycles. The number of rotatable bonds is 5. The standard InChI is InChI=1S/C13H21N5O3S/c19-11(14-18-4-2-1-3-5-18)10-21-13-12(15-22-16-13)17-6-8-20-9-7-17/h1-10H2,(H,14,19). The maximum atomic E-state index is 11.9. The molecular weight excluding hydrogens is 306 g/mol. The van der Waals surface area contributed by atoms with E-state index in [1.165, 1.54) is 6.42 Å². The second kappa shape index (κ2) is 7.70. The molecule has 0 spiro atoms. The number of morpholine rings is 1. The molecule has 0 aromatic carbocycles. The molecular formula is C13H21N5O3S. The van der Waals surface area contributed by atoms with Crippen LogP contribution < -0.4 is 15.1 Å². The number of carbonyl (C=O) groups excluding carboxylic acids is 1. The second-order valence-electron chi connectivity index (χ2n) is 5.36. The smallest absolute Gasteiger partial charge is 0.272 e. The molecule has 0 unspecified atom stereocenters. The maximum absolute atomic E-state index is 11.9. The van der Waals surface area contributed by atoms with Crippen molar-refractivity contribution in [2.24, 2.45) is 0 Å². The first-order chi connectivity index (χ1) is 10.8. The molecule has 2 saturated heterocycles. The lowest BCUT2D eigenvalue weighted by Crippen LogP contribution is -2.46. The molecule has 8 nitrogen and oxygen atoms in total. The Balaban J connectivity index is 1.48. The van der Waals surface area contributed by atoms with Crippen LogP contribution in [-0.4, -0.2) is 65.7 Å². The zero-order chi connectivity index (χ0) is 15.2. The summed E-state index contributed by atoms with van der Waals surface area (Å²) >= 11 is 1.10. The zero-order valence-corrected chi connectivity index (χ0v) is 13.3. The van der Waals surface area contributed by atoms with Gasteiger partial charge in [0.1, 0.15) is 0 Å². The van der Waals surface area contributed by atoms with Gasteiger partial charge in [-0.05, 0) is 12.8 Å². The largest absolute Gasteiger partial charge is 0.464 e. The average molecular weight is 327 g/mol. The van der Waals surface area contributed by atoms with Crippen molar-refractivity contribution in [3.63, 3.8) is 0 Å². The predicted octanol–water partition coefficient (Wildman–Crippen LogP) is 0.271. The molecule has 0 radical (unpaired) electrons. The first kappa shape index (κ1) is 15.4. The van der Waals surface area contributed by atoms with Gasteiger partial charge in [-0.3, -0.25) is 10.2 Å². The maximum Gasteiger partial charge on any atom is 0.272 e. The molecule has 3 heterocycles. The van der Waals surface area contributed by atoms with E-state index in [4.69, 9.17) is 9.47 Å². The molecule has 22 heavy (non-hydrogen) atoms. The van der Waals surface area contributed by atoms with E-state index in [0.29, 0.717) is 24.9 Å². The minimum Gasteiger partial charge on any atom is -0.464 e. The van der Waals surface area contributed by atoms with Gasteiger partial charge in [-0.2, -0.15) is 4.37 Å². The van der Waals surface area contributed by atoms with Gasteiger partial charge in [-0.1, -0.05) is 6.42 Å². The van der Waals surface area contributed by atoms with E-state index in [2.05, 4.69) is 19.1 Å².